The van der Waals surface area contributed by atoms with Crippen LogP contribution in [0.25, 0.3) is 0 Å². The summed E-state index contributed by atoms with van der Waals surface area (Å²) in [5.41, 5.74) is 0. The summed E-state index contributed by atoms with van der Waals surface area (Å²) in [6.07, 6.45) is 0. The fraction of sp³-hybridized carbons (Fsp3) is 0.833. The smallest absolute Gasteiger partial charge is 0.320 e. The van der Waals surface area contributed by atoms with E-state index in [4.69, 9.17) is 9.84 Å². The van der Waals surface area contributed by atoms with Crippen molar-refractivity contribution in [1.29, 1.82) is 0 Å². The fourth-order valence-electron chi connectivity index (χ4n) is 2.02. The van der Waals surface area contributed by atoms with Crippen LogP contribution in [0.3, 0.4) is 0 Å². The average molecular weight is 273 g/mol. The minimum absolute atomic E-state index is 0.0281. The topological polar surface area (TPSA) is 73.3 Å². The Morgan fingerprint density at radius 1 is 1.32 bits per heavy atom. The average Bonchev–Trinajstić information content (AvgIpc) is 2.43. The fourth-order valence-corrected chi connectivity index (χ4v) is 2.02. The Morgan fingerprint density at radius 3 is 2.37 bits per heavy atom. The Hall–Kier alpha value is -1.34. The first-order chi connectivity index (χ1) is 8.97. The predicted molar refractivity (Wildman–Crippen MR) is 70.1 cm³/mol. The molecule has 1 aliphatic rings. The Bertz CT molecular complexity index is 316. The second-order valence-corrected chi connectivity index (χ2v) is 4.73. The number of hydrogen-bond donors (Lipinski definition) is 1. The van der Waals surface area contributed by atoms with E-state index in [1.54, 1.807) is 30.9 Å². The lowest BCUT2D eigenvalue weighted by Gasteiger charge is -2.38. The van der Waals surface area contributed by atoms with Crippen LogP contribution in [0.2, 0.25) is 0 Å². The van der Waals surface area contributed by atoms with Gasteiger partial charge in [0, 0.05) is 46.9 Å². The van der Waals surface area contributed by atoms with Crippen molar-refractivity contribution in [3.63, 3.8) is 0 Å². The maximum atomic E-state index is 12.1. The molecule has 0 aromatic heterocycles. The van der Waals surface area contributed by atoms with Gasteiger partial charge in [-0.2, -0.15) is 0 Å². The summed E-state index contributed by atoms with van der Waals surface area (Å²) in [5.74, 6) is -0.822. The van der Waals surface area contributed by atoms with Gasteiger partial charge in [-0.05, 0) is 6.92 Å². The van der Waals surface area contributed by atoms with Crippen molar-refractivity contribution in [3.8, 4) is 0 Å². The molecule has 19 heavy (non-hydrogen) atoms. The molecule has 0 bridgehead atoms. The number of likely N-dealkylation sites (N-methyl/N-ethyl adjacent to an activating group) is 1. The quantitative estimate of drug-likeness (QED) is 0.749. The molecule has 1 unspecified atom stereocenters. The number of rotatable bonds is 5. The van der Waals surface area contributed by atoms with Gasteiger partial charge in [-0.1, -0.05) is 0 Å². The number of piperazine rings is 1. The van der Waals surface area contributed by atoms with E-state index in [-0.39, 0.29) is 6.03 Å². The number of ether oxygens (including phenoxy) is 1. The first-order valence-electron chi connectivity index (χ1n) is 6.43. The molecule has 1 fully saturated rings. The maximum Gasteiger partial charge on any atom is 0.320 e. The van der Waals surface area contributed by atoms with Gasteiger partial charge in [0.1, 0.15) is 6.04 Å². The molecule has 0 saturated carbocycles. The minimum Gasteiger partial charge on any atom is -0.480 e. The molecule has 0 aliphatic carbocycles. The number of urea groups is 1. The van der Waals surface area contributed by atoms with Crippen molar-refractivity contribution < 1.29 is 19.4 Å². The summed E-state index contributed by atoms with van der Waals surface area (Å²) in [6.45, 7) is 5.06. The van der Waals surface area contributed by atoms with Crippen molar-refractivity contribution in [2.24, 2.45) is 0 Å². The van der Waals surface area contributed by atoms with Gasteiger partial charge >= 0.3 is 12.0 Å². The van der Waals surface area contributed by atoms with Crippen molar-refractivity contribution in [1.82, 2.24) is 14.7 Å². The third-order valence-electron chi connectivity index (χ3n) is 3.45. The molecular formula is C12H23N3O4. The maximum absolute atomic E-state index is 12.1. The largest absolute Gasteiger partial charge is 0.480 e. The predicted octanol–water partition coefficient (Wildman–Crippen LogP) is -0.225. The number of aliphatic carboxylic acids is 1. The molecule has 1 N–H and O–H groups in total. The second-order valence-electron chi connectivity index (χ2n) is 4.73. The van der Waals surface area contributed by atoms with Gasteiger partial charge in [0.05, 0.1) is 6.61 Å². The molecule has 1 saturated heterocycles. The van der Waals surface area contributed by atoms with E-state index in [9.17, 15) is 9.59 Å². The molecule has 0 aromatic rings. The van der Waals surface area contributed by atoms with E-state index in [1.807, 2.05) is 4.90 Å². The number of hydrogen-bond acceptors (Lipinski definition) is 4. The Labute approximate surface area is 113 Å². The van der Waals surface area contributed by atoms with E-state index in [0.29, 0.717) is 39.3 Å². The number of carbonyl (C=O) groups excluding carboxylic acids is 1. The van der Waals surface area contributed by atoms with Crippen molar-refractivity contribution in [2.45, 2.75) is 13.0 Å². The van der Waals surface area contributed by atoms with Gasteiger partial charge in [-0.15, -0.1) is 0 Å². The van der Waals surface area contributed by atoms with E-state index < -0.39 is 12.0 Å². The van der Waals surface area contributed by atoms with Crippen LogP contribution in [0.4, 0.5) is 4.79 Å². The summed E-state index contributed by atoms with van der Waals surface area (Å²) in [7, 11) is 3.35. The Kier molecular flexibility index (Phi) is 6.04. The molecule has 0 spiro atoms. The number of carbonyl (C=O) groups is 2. The van der Waals surface area contributed by atoms with Crippen molar-refractivity contribution in [3.05, 3.63) is 0 Å². The standard InChI is InChI=1S/C12H23N3O4/c1-10(11(16)17)14-4-6-15(7-5-14)12(18)13(2)8-9-19-3/h10H,4-9H2,1-3H3,(H,16,17). The summed E-state index contributed by atoms with van der Waals surface area (Å²) in [4.78, 5) is 28.2. The highest BCUT2D eigenvalue weighted by Crippen LogP contribution is 2.08. The minimum atomic E-state index is -0.822. The first kappa shape index (κ1) is 15.7. The summed E-state index contributed by atoms with van der Waals surface area (Å²) in [6, 6.07) is -0.525. The zero-order valence-electron chi connectivity index (χ0n) is 11.8. The third-order valence-corrected chi connectivity index (χ3v) is 3.45. The summed E-state index contributed by atoms with van der Waals surface area (Å²) < 4.78 is 4.94. The van der Waals surface area contributed by atoms with Gasteiger partial charge in [-0.3, -0.25) is 9.69 Å². The molecule has 7 heteroatoms. The summed E-state index contributed by atoms with van der Waals surface area (Å²) >= 11 is 0. The van der Waals surface area contributed by atoms with Crippen LogP contribution < -0.4 is 0 Å². The van der Waals surface area contributed by atoms with Crippen LogP contribution in [0.15, 0.2) is 0 Å². The summed E-state index contributed by atoms with van der Waals surface area (Å²) in [5, 5.41) is 8.95. The second kappa shape index (κ2) is 7.30. The zero-order chi connectivity index (χ0) is 14.4. The molecule has 0 radical (unpaired) electrons. The van der Waals surface area contributed by atoms with Gasteiger partial charge in [0.15, 0.2) is 0 Å². The van der Waals surface area contributed by atoms with Crippen LogP contribution in [-0.2, 0) is 9.53 Å². The molecule has 110 valence electrons. The highest BCUT2D eigenvalue weighted by Gasteiger charge is 2.28. The normalized spacial score (nSPS) is 18.2. The lowest BCUT2D eigenvalue weighted by atomic mass is 10.2. The Balaban J connectivity index is 2.40. The molecule has 2 amide bonds. The van der Waals surface area contributed by atoms with Crippen LogP contribution >= 0.6 is 0 Å². The van der Waals surface area contributed by atoms with Crippen molar-refractivity contribution in [2.75, 3.05) is 53.5 Å². The lowest BCUT2D eigenvalue weighted by Crippen LogP contribution is -2.55. The first-order valence-corrected chi connectivity index (χ1v) is 6.43. The number of nitrogens with zero attached hydrogens (tertiary/aromatic N) is 3. The van der Waals surface area contributed by atoms with Gasteiger partial charge in [-0.25, -0.2) is 4.79 Å². The van der Waals surface area contributed by atoms with Crippen LogP contribution in [0.5, 0.6) is 0 Å². The zero-order valence-corrected chi connectivity index (χ0v) is 11.8. The van der Waals surface area contributed by atoms with E-state index >= 15 is 0 Å². The number of amides is 2. The van der Waals surface area contributed by atoms with Crippen LogP contribution in [0, 0.1) is 0 Å². The number of carboxylic acid groups (broad SMARTS) is 1. The molecular weight excluding hydrogens is 250 g/mol. The molecule has 1 atom stereocenters. The van der Waals surface area contributed by atoms with Gasteiger partial charge in [0.25, 0.3) is 0 Å². The van der Waals surface area contributed by atoms with Crippen molar-refractivity contribution >= 4 is 12.0 Å². The SMILES string of the molecule is COCCN(C)C(=O)N1CCN(C(C)C(=O)O)CC1. The molecule has 1 heterocycles. The van der Waals surface area contributed by atoms with E-state index in [2.05, 4.69) is 0 Å². The monoisotopic (exact) mass is 273 g/mol. The molecule has 1 aliphatic heterocycles. The molecule has 7 nitrogen and oxygen atoms in total. The third kappa shape index (κ3) is 4.36. The van der Waals surface area contributed by atoms with E-state index in [1.165, 1.54) is 0 Å². The number of carboxylic acids is 1. The number of methoxy groups -OCH3 is 1. The lowest BCUT2D eigenvalue weighted by molar-refractivity contribution is -0.143. The van der Waals surface area contributed by atoms with Gasteiger partial charge < -0.3 is 19.6 Å². The van der Waals surface area contributed by atoms with Crippen LogP contribution in [-0.4, -0.2) is 91.3 Å². The van der Waals surface area contributed by atoms with E-state index in [0.717, 1.165) is 0 Å². The Morgan fingerprint density at radius 2 is 1.89 bits per heavy atom. The highest BCUT2D eigenvalue weighted by atomic mass is 16.5. The highest BCUT2D eigenvalue weighted by molar-refractivity contribution is 5.75. The molecule has 1 rings (SSSR count). The van der Waals surface area contributed by atoms with Gasteiger partial charge in [0.2, 0.25) is 0 Å². The molecule has 0 aromatic carbocycles. The van der Waals surface area contributed by atoms with Crippen LogP contribution in [0.1, 0.15) is 6.92 Å².